The maximum absolute atomic E-state index is 12.5. The molecule has 0 aliphatic heterocycles. The Balaban J connectivity index is 1.78. The molecule has 0 spiro atoms. The van der Waals surface area contributed by atoms with E-state index in [1.807, 2.05) is 19.1 Å². The van der Waals surface area contributed by atoms with Gasteiger partial charge in [0.05, 0.1) is 12.2 Å². The topological polar surface area (TPSA) is 65.7 Å². The molecule has 1 heterocycles. The molecule has 0 bridgehead atoms. The zero-order valence-corrected chi connectivity index (χ0v) is 18.2. The fourth-order valence-corrected chi connectivity index (χ4v) is 3.31. The molecule has 3 rings (SSSR count). The van der Waals surface area contributed by atoms with Gasteiger partial charge in [-0.1, -0.05) is 27.7 Å². The molecule has 0 fully saturated rings. The van der Waals surface area contributed by atoms with Crippen LogP contribution in [0.5, 0.6) is 5.75 Å². The maximum atomic E-state index is 12.5. The molecule has 0 radical (unpaired) electrons. The average Bonchev–Trinajstić information content (AvgIpc) is 2.69. The van der Waals surface area contributed by atoms with E-state index in [1.165, 1.54) is 11.6 Å². The zero-order chi connectivity index (χ0) is 21.8. The van der Waals surface area contributed by atoms with Gasteiger partial charge in [-0.2, -0.15) is 0 Å². The van der Waals surface area contributed by atoms with Crippen molar-refractivity contribution in [3.05, 3.63) is 75.1 Å². The van der Waals surface area contributed by atoms with Crippen LogP contribution in [0.1, 0.15) is 60.7 Å². The van der Waals surface area contributed by atoms with Gasteiger partial charge in [-0.3, -0.25) is 0 Å². The van der Waals surface area contributed by atoms with E-state index >= 15 is 0 Å². The number of hydrogen-bond acceptors (Lipinski definition) is 5. The Kier molecular flexibility index (Phi) is 6.60. The zero-order valence-electron chi connectivity index (χ0n) is 18.2. The minimum absolute atomic E-state index is 0.00682. The lowest BCUT2D eigenvalue weighted by Crippen LogP contribution is -2.09. The van der Waals surface area contributed by atoms with Gasteiger partial charge in [0, 0.05) is 17.0 Å². The summed E-state index contributed by atoms with van der Waals surface area (Å²) < 4.78 is 16.5. The molecular weight excluding hydrogens is 380 g/mol. The van der Waals surface area contributed by atoms with Crippen molar-refractivity contribution in [3.8, 4) is 5.75 Å². The van der Waals surface area contributed by atoms with Crippen molar-refractivity contribution in [1.29, 1.82) is 0 Å². The van der Waals surface area contributed by atoms with Crippen LogP contribution >= 0.6 is 0 Å². The summed E-state index contributed by atoms with van der Waals surface area (Å²) in [7, 11) is 0. The lowest BCUT2D eigenvalue weighted by atomic mass is 9.95. The quantitative estimate of drug-likeness (QED) is 0.375. The first-order valence-corrected chi connectivity index (χ1v) is 10.2. The molecule has 0 saturated heterocycles. The molecule has 158 valence electrons. The van der Waals surface area contributed by atoms with Crippen LogP contribution in [0.4, 0.5) is 0 Å². The third-order valence-electron chi connectivity index (χ3n) is 4.87. The number of esters is 1. The van der Waals surface area contributed by atoms with Crippen LogP contribution in [0.3, 0.4) is 0 Å². The smallest absolute Gasteiger partial charge is 0.338 e. The van der Waals surface area contributed by atoms with E-state index in [0.29, 0.717) is 40.9 Å². The summed E-state index contributed by atoms with van der Waals surface area (Å²) in [4.78, 5) is 24.5. The Bertz CT molecular complexity index is 1090. The fraction of sp³-hybridized carbons (Fsp3) is 0.360. The van der Waals surface area contributed by atoms with E-state index < -0.39 is 11.6 Å². The van der Waals surface area contributed by atoms with Crippen LogP contribution in [-0.4, -0.2) is 12.6 Å². The van der Waals surface area contributed by atoms with E-state index in [9.17, 15) is 9.59 Å². The van der Waals surface area contributed by atoms with Crippen molar-refractivity contribution in [2.75, 3.05) is 6.61 Å². The number of benzene rings is 2. The summed E-state index contributed by atoms with van der Waals surface area (Å²) in [6.45, 7) is 11.0. The van der Waals surface area contributed by atoms with E-state index in [-0.39, 0.29) is 6.61 Å². The van der Waals surface area contributed by atoms with Crippen molar-refractivity contribution in [2.24, 2.45) is 5.92 Å². The van der Waals surface area contributed by atoms with Gasteiger partial charge in [0.25, 0.3) is 0 Å². The first kappa shape index (κ1) is 21.6. The third-order valence-corrected chi connectivity index (χ3v) is 4.87. The highest BCUT2D eigenvalue weighted by Gasteiger charge is 2.14. The lowest BCUT2D eigenvalue weighted by molar-refractivity contribution is 0.0473. The number of carbonyl (C=O) groups is 1. The Morgan fingerprint density at radius 1 is 1.03 bits per heavy atom. The Labute approximate surface area is 176 Å². The number of rotatable bonds is 7. The lowest BCUT2D eigenvalue weighted by Gasteiger charge is -2.13. The SMILES string of the molecule is Cc1cc2oc(=O)cc(COC(=O)c3ccc(OCC(C)C)cc3)c2cc1C(C)C. The minimum atomic E-state index is -0.461. The second kappa shape index (κ2) is 9.16. The third kappa shape index (κ3) is 5.09. The van der Waals surface area contributed by atoms with Gasteiger partial charge in [-0.25, -0.2) is 9.59 Å². The van der Waals surface area contributed by atoms with E-state index in [0.717, 1.165) is 10.9 Å². The highest BCUT2D eigenvalue weighted by molar-refractivity contribution is 5.90. The predicted molar refractivity (Wildman–Crippen MR) is 117 cm³/mol. The van der Waals surface area contributed by atoms with Gasteiger partial charge in [0.15, 0.2) is 0 Å². The van der Waals surface area contributed by atoms with Gasteiger partial charge in [-0.15, -0.1) is 0 Å². The van der Waals surface area contributed by atoms with Crippen LogP contribution in [0, 0.1) is 12.8 Å². The maximum Gasteiger partial charge on any atom is 0.338 e. The normalized spacial score (nSPS) is 11.3. The Morgan fingerprint density at radius 3 is 2.37 bits per heavy atom. The summed E-state index contributed by atoms with van der Waals surface area (Å²) >= 11 is 0. The van der Waals surface area contributed by atoms with Crippen LogP contribution < -0.4 is 10.4 Å². The molecular formula is C25H28O5. The summed E-state index contributed by atoms with van der Waals surface area (Å²) in [6.07, 6.45) is 0. The van der Waals surface area contributed by atoms with Crippen molar-refractivity contribution < 1.29 is 18.7 Å². The number of hydrogen-bond donors (Lipinski definition) is 0. The highest BCUT2D eigenvalue weighted by Crippen LogP contribution is 2.27. The van der Waals surface area contributed by atoms with E-state index in [4.69, 9.17) is 13.9 Å². The molecule has 1 aromatic heterocycles. The van der Waals surface area contributed by atoms with Crippen LogP contribution in [0.2, 0.25) is 0 Å². The minimum Gasteiger partial charge on any atom is -0.493 e. The molecule has 3 aromatic rings. The van der Waals surface area contributed by atoms with Crippen molar-refractivity contribution >= 4 is 16.9 Å². The number of fused-ring (bicyclic) bond motifs is 1. The molecule has 30 heavy (non-hydrogen) atoms. The highest BCUT2D eigenvalue weighted by atomic mass is 16.5. The average molecular weight is 408 g/mol. The molecule has 0 aliphatic carbocycles. The van der Waals surface area contributed by atoms with Gasteiger partial charge in [0.1, 0.15) is 17.9 Å². The molecule has 0 aliphatic rings. The van der Waals surface area contributed by atoms with E-state index in [2.05, 4.69) is 27.7 Å². The van der Waals surface area contributed by atoms with E-state index in [1.54, 1.807) is 24.3 Å². The standard InChI is InChI=1S/C25H28O5/c1-15(2)13-28-20-8-6-18(7-9-20)25(27)29-14-19-11-24(26)30-23-10-17(5)21(16(3)4)12-22(19)23/h6-12,15-16H,13-14H2,1-5H3. The molecule has 0 saturated carbocycles. The first-order chi connectivity index (χ1) is 14.2. The molecule has 0 amide bonds. The summed E-state index contributed by atoms with van der Waals surface area (Å²) in [6, 6.07) is 12.1. The molecule has 5 heteroatoms. The number of aryl methyl sites for hydroxylation is 1. The van der Waals surface area contributed by atoms with Gasteiger partial charge >= 0.3 is 11.6 Å². The molecule has 0 unspecified atom stereocenters. The van der Waals surface area contributed by atoms with Crippen LogP contribution in [0.25, 0.3) is 11.0 Å². The van der Waals surface area contributed by atoms with Gasteiger partial charge in [-0.05, 0) is 66.3 Å². The summed E-state index contributed by atoms with van der Waals surface area (Å²) in [5.74, 6) is 1.01. The van der Waals surface area contributed by atoms with Crippen molar-refractivity contribution in [1.82, 2.24) is 0 Å². The monoisotopic (exact) mass is 408 g/mol. The molecule has 2 aromatic carbocycles. The van der Waals surface area contributed by atoms with Gasteiger partial charge < -0.3 is 13.9 Å². The van der Waals surface area contributed by atoms with Crippen molar-refractivity contribution in [3.63, 3.8) is 0 Å². The van der Waals surface area contributed by atoms with Crippen molar-refractivity contribution in [2.45, 2.75) is 47.1 Å². The predicted octanol–water partition coefficient (Wildman–Crippen LogP) is 5.62. The molecule has 5 nitrogen and oxygen atoms in total. The second-order valence-corrected chi connectivity index (χ2v) is 8.26. The molecule has 0 N–H and O–H groups in total. The van der Waals surface area contributed by atoms with Crippen LogP contribution in [-0.2, 0) is 11.3 Å². The Hall–Kier alpha value is -3.08. The summed E-state index contributed by atoms with van der Waals surface area (Å²) in [5, 5.41) is 0.786. The van der Waals surface area contributed by atoms with Gasteiger partial charge in [0.2, 0.25) is 0 Å². The second-order valence-electron chi connectivity index (χ2n) is 8.26. The summed E-state index contributed by atoms with van der Waals surface area (Å²) in [5.41, 5.74) is 3.33. The number of carbonyl (C=O) groups excluding carboxylic acids is 1. The number of ether oxygens (including phenoxy) is 2. The Morgan fingerprint density at radius 2 is 1.73 bits per heavy atom. The first-order valence-electron chi connectivity index (χ1n) is 10.2. The largest absolute Gasteiger partial charge is 0.493 e. The molecule has 0 atom stereocenters. The fourth-order valence-electron chi connectivity index (χ4n) is 3.31. The van der Waals surface area contributed by atoms with Crippen LogP contribution in [0.15, 0.2) is 51.7 Å².